The second-order valence-corrected chi connectivity index (χ2v) is 6.31. The van der Waals surface area contributed by atoms with Crippen LogP contribution < -0.4 is 0 Å². The third kappa shape index (κ3) is 3.86. The summed E-state index contributed by atoms with van der Waals surface area (Å²) in [5, 5.41) is 11.0. The number of carbonyl (C=O) groups excluding carboxylic acids is 1. The summed E-state index contributed by atoms with van der Waals surface area (Å²) in [7, 11) is 0. The molecule has 0 saturated heterocycles. The van der Waals surface area contributed by atoms with Crippen molar-refractivity contribution in [3.05, 3.63) is 108 Å². The first-order valence-corrected chi connectivity index (χ1v) is 8.55. The Labute approximate surface area is 148 Å². The molecule has 0 saturated carbocycles. The molecule has 1 N–H and O–H groups in total. The number of hydrogen-bond acceptors (Lipinski definition) is 2. The molecule has 3 atom stereocenters. The summed E-state index contributed by atoms with van der Waals surface area (Å²) < 4.78 is 0. The Morgan fingerprint density at radius 2 is 1.16 bits per heavy atom. The largest absolute Gasteiger partial charge is 0.388 e. The quantitative estimate of drug-likeness (QED) is 0.644. The zero-order valence-corrected chi connectivity index (χ0v) is 14.2. The summed E-state index contributed by atoms with van der Waals surface area (Å²) in [6.45, 7) is 1.90. The Hall–Kier alpha value is -2.71. The van der Waals surface area contributed by atoms with Gasteiger partial charge in [-0.25, -0.2) is 0 Å². The molecular formula is C23H22O2. The van der Waals surface area contributed by atoms with E-state index in [1.807, 2.05) is 97.9 Å². The lowest BCUT2D eigenvalue weighted by Gasteiger charge is -2.29. The lowest BCUT2D eigenvalue weighted by atomic mass is 9.77. The van der Waals surface area contributed by atoms with Crippen LogP contribution in [0.25, 0.3) is 0 Å². The van der Waals surface area contributed by atoms with Crippen LogP contribution in [0.5, 0.6) is 0 Å². The molecule has 0 aliphatic heterocycles. The monoisotopic (exact) mass is 330 g/mol. The number of aliphatic hydroxyl groups excluding tert-OH is 1. The number of rotatable bonds is 6. The average molecular weight is 330 g/mol. The van der Waals surface area contributed by atoms with E-state index in [0.29, 0.717) is 5.56 Å². The summed E-state index contributed by atoms with van der Waals surface area (Å²) >= 11 is 0. The number of aliphatic hydroxyl groups is 1. The number of carbonyl (C=O) groups is 1. The van der Waals surface area contributed by atoms with Crippen molar-refractivity contribution in [3.63, 3.8) is 0 Å². The van der Waals surface area contributed by atoms with E-state index in [1.54, 1.807) is 0 Å². The lowest BCUT2D eigenvalue weighted by molar-refractivity contribution is 0.0782. The summed E-state index contributed by atoms with van der Waals surface area (Å²) in [6, 6.07) is 28.6. The second-order valence-electron chi connectivity index (χ2n) is 6.31. The molecule has 0 amide bonds. The summed E-state index contributed by atoms with van der Waals surface area (Å²) in [4.78, 5) is 13.0. The maximum Gasteiger partial charge on any atom is 0.166 e. The van der Waals surface area contributed by atoms with Crippen LogP contribution in [-0.2, 0) is 0 Å². The second kappa shape index (κ2) is 7.91. The minimum Gasteiger partial charge on any atom is -0.388 e. The Morgan fingerprint density at radius 1 is 0.720 bits per heavy atom. The van der Waals surface area contributed by atoms with Crippen LogP contribution in [0.15, 0.2) is 91.0 Å². The van der Waals surface area contributed by atoms with Crippen molar-refractivity contribution in [3.8, 4) is 0 Å². The first kappa shape index (κ1) is 17.1. The Kier molecular flexibility index (Phi) is 5.42. The molecule has 126 valence electrons. The summed E-state index contributed by atoms with van der Waals surface area (Å²) in [5.41, 5.74) is 2.47. The summed E-state index contributed by atoms with van der Waals surface area (Å²) in [5.74, 6) is -0.610. The number of benzene rings is 3. The molecule has 3 rings (SSSR count). The molecular weight excluding hydrogens is 308 g/mol. The molecule has 0 aliphatic carbocycles. The molecule has 2 nitrogen and oxygen atoms in total. The maximum atomic E-state index is 13.0. The third-order valence-corrected chi connectivity index (χ3v) is 4.68. The Bertz CT molecular complexity index is 797. The van der Waals surface area contributed by atoms with Crippen molar-refractivity contribution >= 4 is 5.78 Å². The topological polar surface area (TPSA) is 37.3 Å². The molecule has 0 fully saturated rings. The average Bonchev–Trinajstić information content (AvgIpc) is 2.69. The van der Waals surface area contributed by atoms with Gasteiger partial charge in [0.2, 0.25) is 0 Å². The van der Waals surface area contributed by atoms with Crippen LogP contribution >= 0.6 is 0 Å². The van der Waals surface area contributed by atoms with Gasteiger partial charge in [0.25, 0.3) is 0 Å². The van der Waals surface area contributed by atoms with Crippen molar-refractivity contribution in [2.45, 2.75) is 18.9 Å². The fourth-order valence-electron chi connectivity index (χ4n) is 3.31. The van der Waals surface area contributed by atoms with E-state index in [0.717, 1.165) is 11.1 Å². The van der Waals surface area contributed by atoms with Gasteiger partial charge in [0.15, 0.2) is 5.78 Å². The minimum absolute atomic E-state index is 0.0458. The molecule has 3 unspecified atom stereocenters. The number of ketones is 1. The maximum absolute atomic E-state index is 13.0. The van der Waals surface area contributed by atoms with E-state index < -0.39 is 6.10 Å². The highest BCUT2D eigenvalue weighted by molar-refractivity contribution is 5.98. The fraction of sp³-hybridized carbons (Fsp3) is 0.174. The molecule has 0 radical (unpaired) electrons. The molecule has 0 aliphatic rings. The lowest BCUT2D eigenvalue weighted by Crippen LogP contribution is -2.25. The van der Waals surface area contributed by atoms with Crippen molar-refractivity contribution in [1.29, 1.82) is 0 Å². The predicted molar refractivity (Wildman–Crippen MR) is 101 cm³/mol. The highest BCUT2D eigenvalue weighted by Gasteiger charge is 2.32. The van der Waals surface area contributed by atoms with Gasteiger partial charge in [-0.3, -0.25) is 4.79 Å². The van der Waals surface area contributed by atoms with Crippen LogP contribution in [0.1, 0.15) is 40.4 Å². The Morgan fingerprint density at radius 3 is 1.68 bits per heavy atom. The van der Waals surface area contributed by atoms with Gasteiger partial charge in [0, 0.05) is 17.4 Å². The van der Waals surface area contributed by atoms with Crippen LogP contribution in [0.4, 0.5) is 0 Å². The number of Topliss-reactive ketones (excluding diaryl/α,β-unsaturated/α-hetero) is 1. The molecule has 0 spiro atoms. The van der Waals surface area contributed by atoms with E-state index in [4.69, 9.17) is 0 Å². The molecule has 0 heterocycles. The van der Waals surface area contributed by atoms with Crippen LogP contribution in [0.3, 0.4) is 0 Å². The molecule has 25 heavy (non-hydrogen) atoms. The van der Waals surface area contributed by atoms with Crippen molar-refractivity contribution in [2.24, 2.45) is 5.92 Å². The van der Waals surface area contributed by atoms with Gasteiger partial charge in [-0.2, -0.15) is 0 Å². The number of hydrogen-bond donors (Lipinski definition) is 1. The molecule has 3 aromatic carbocycles. The SMILES string of the molecule is CC(C(=O)c1ccccc1)C(c1ccccc1)C(O)c1ccccc1. The minimum atomic E-state index is -0.744. The zero-order chi connectivity index (χ0) is 17.6. The van der Waals surface area contributed by atoms with E-state index in [1.165, 1.54) is 0 Å². The van der Waals surface area contributed by atoms with E-state index in [-0.39, 0.29) is 17.6 Å². The standard InChI is InChI=1S/C23H22O2/c1-17(22(24)19-13-7-3-8-14-19)21(18-11-5-2-6-12-18)23(25)20-15-9-4-10-16-20/h2-17,21,23,25H,1H3. The van der Waals surface area contributed by atoms with Gasteiger partial charge >= 0.3 is 0 Å². The molecule has 2 heteroatoms. The smallest absolute Gasteiger partial charge is 0.166 e. The molecule has 0 bridgehead atoms. The first-order valence-electron chi connectivity index (χ1n) is 8.55. The van der Waals surface area contributed by atoms with Gasteiger partial charge in [0.1, 0.15) is 0 Å². The first-order chi connectivity index (χ1) is 12.2. The predicted octanol–water partition coefficient (Wildman–Crippen LogP) is 5.02. The molecule has 0 aromatic heterocycles. The van der Waals surface area contributed by atoms with E-state index in [2.05, 4.69) is 0 Å². The van der Waals surface area contributed by atoms with Gasteiger partial charge in [-0.1, -0.05) is 97.9 Å². The summed E-state index contributed by atoms with van der Waals surface area (Å²) in [6.07, 6.45) is -0.744. The van der Waals surface area contributed by atoms with Gasteiger partial charge in [-0.15, -0.1) is 0 Å². The van der Waals surface area contributed by atoms with Gasteiger partial charge < -0.3 is 5.11 Å². The highest BCUT2D eigenvalue weighted by Crippen LogP contribution is 2.38. The van der Waals surface area contributed by atoms with E-state index in [9.17, 15) is 9.90 Å². The van der Waals surface area contributed by atoms with Gasteiger partial charge in [-0.05, 0) is 11.1 Å². The third-order valence-electron chi connectivity index (χ3n) is 4.68. The van der Waals surface area contributed by atoms with Crippen molar-refractivity contribution in [1.82, 2.24) is 0 Å². The van der Waals surface area contributed by atoms with Crippen LogP contribution in [0, 0.1) is 5.92 Å². The Balaban J connectivity index is 1.98. The fourth-order valence-corrected chi connectivity index (χ4v) is 3.31. The van der Waals surface area contributed by atoms with E-state index >= 15 is 0 Å². The van der Waals surface area contributed by atoms with Crippen LogP contribution in [0.2, 0.25) is 0 Å². The van der Waals surface area contributed by atoms with Gasteiger partial charge in [0.05, 0.1) is 6.10 Å². The van der Waals surface area contributed by atoms with Crippen molar-refractivity contribution < 1.29 is 9.90 Å². The van der Waals surface area contributed by atoms with Crippen LogP contribution in [-0.4, -0.2) is 10.9 Å². The van der Waals surface area contributed by atoms with Crippen molar-refractivity contribution in [2.75, 3.05) is 0 Å². The normalized spacial score (nSPS) is 14.5. The highest BCUT2D eigenvalue weighted by atomic mass is 16.3. The molecule has 3 aromatic rings. The zero-order valence-electron chi connectivity index (χ0n) is 14.2.